The summed E-state index contributed by atoms with van der Waals surface area (Å²) in [4.78, 5) is 23.4. The van der Waals surface area contributed by atoms with E-state index in [2.05, 4.69) is 26.7 Å². The van der Waals surface area contributed by atoms with Crippen molar-refractivity contribution in [3.63, 3.8) is 0 Å². The zero-order valence-corrected chi connectivity index (χ0v) is 18.7. The molecule has 0 aliphatic rings. The van der Waals surface area contributed by atoms with Gasteiger partial charge in [0.2, 0.25) is 0 Å². The largest absolute Gasteiger partial charge is 0.462 e. The van der Waals surface area contributed by atoms with Gasteiger partial charge < -0.3 is 14.4 Å². The molecule has 1 aromatic rings. The van der Waals surface area contributed by atoms with Crippen LogP contribution in [0.25, 0.3) is 6.08 Å². The van der Waals surface area contributed by atoms with Gasteiger partial charge in [-0.2, -0.15) is 0 Å². The summed E-state index contributed by atoms with van der Waals surface area (Å²) in [5.41, 5.74) is 2.09. The summed E-state index contributed by atoms with van der Waals surface area (Å²) in [6.07, 6.45) is 3.81. The van der Waals surface area contributed by atoms with E-state index in [1.165, 1.54) is 5.56 Å². The number of hydrogen-bond donors (Lipinski definition) is 0. The molecule has 0 spiro atoms. The third kappa shape index (κ3) is 19.9. The number of unbranched alkanes of at least 4 members (excludes halogenated alkanes) is 1. The van der Waals surface area contributed by atoms with Crippen molar-refractivity contribution in [2.24, 2.45) is 0 Å². The number of ether oxygens (including phenoxy) is 2. The molecule has 0 amide bonds. The molecule has 1 rings (SSSR count). The summed E-state index contributed by atoms with van der Waals surface area (Å²) in [5, 5.41) is 0. The van der Waals surface area contributed by atoms with E-state index in [1.807, 2.05) is 55.4 Å². The Labute approximate surface area is 176 Å². The molecule has 0 aromatic heterocycles. The maximum Gasteiger partial charge on any atom is 0.333 e. The lowest BCUT2D eigenvalue weighted by Gasteiger charge is -2.09. The molecule has 5 heteroatoms. The molecule has 0 radical (unpaired) electrons. The van der Waals surface area contributed by atoms with E-state index in [0.29, 0.717) is 24.4 Å². The minimum Gasteiger partial charge on any atom is -0.462 e. The first kappa shape index (κ1) is 28.5. The number of nitrogens with zero attached hydrogens (tertiary/aromatic N) is 1. The summed E-state index contributed by atoms with van der Waals surface area (Å²) in [7, 11) is 3.85. The second kappa shape index (κ2) is 18.7. The minimum absolute atomic E-state index is 0.284. The Bertz CT molecular complexity index is 621. The van der Waals surface area contributed by atoms with Crippen LogP contribution in [0.3, 0.4) is 0 Å². The molecule has 0 saturated carbocycles. The number of hydrogen-bond acceptors (Lipinski definition) is 5. The van der Waals surface area contributed by atoms with E-state index in [-0.39, 0.29) is 11.9 Å². The van der Waals surface area contributed by atoms with Gasteiger partial charge in [-0.25, -0.2) is 9.59 Å². The van der Waals surface area contributed by atoms with Gasteiger partial charge in [0.25, 0.3) is 0 Å². The molecule has 0 aliphatic heterocycles. The van der Waals surface area contributed by atoms with Gasteiger partial charge in [0.15, 0.2) is 0 Å². The normalized spacial score (nSPS) is 9.17. The van der Waals surface area contributed by atoms with Gasteiger partial charge in [0, 0.05) is 17.7 Å². The highest BCUT2D eigenvalue weighted by Gasteiger charge is 2.02. The molecule has 162 valence electrons. The summed E-state index contributed by atoms with van der Waals surface area (Å²) in [6, 6.07) is 10.0. The molecular weight excluding hydrogens is 366 g/mol. The van der Waals surface area contributed by atoms with Crippen LogP contribution in [0.15, 0.2) is 61.2 Å². The van der Waals surface area contributed by atoms with E-state index in [4.69, 9.17) is 9.47 Å². The Balaban J connectivity index is 0. The van der Waals surface area contributed by atoms with Crippen molar-refractivity contribution in [2.75, 3.05) is 33.9 Å². The lowest BCUT2D eigenvalue weighted by molar-refractivity contribution is -0.140. The number of carbonyl (C=O) groups excluding carboxylic acids is 2. The zero-order valence-electron chi connectivity index (χ0n) is 18.7. The lowest BCUT2D eigenvalue weighted by Crippen LogP contribution is -2.20. The van der Waals surface area contributed by atoms with Crippen LogP contribution in [-0.2, 0) is 19.1 Å². The number of benzene rings is 1. The quantitative estimate of drug-likeness (QED) is 0.333. The summed E-state index contributed by atoms with van der Waals surface area (Å²) < 4.78 is 9.64. The topological polar surface area (TPSA) is 55.8 Å². The predicted molar refractivity (Wildman–Crippen MR) is 122 cm³/mol. The Morgan fingerprint density at radius 2 is 1.45 bits per heavy atom. The molecule has 1 aromatic carbocycles. The molecule has 0 bridgehead atoms. The molecular formula is C24H37NO4. The molecule has 0 unspecified atom stereocenters. The van der Waals surface area contributed by atoms with Crippen LogP contribution >= 0.6 is 0 Å². The van der Waals surface area contributed by atoms with Crippen LogP contribution in [0.1, 0.15) is 39.2 Å². The second-order valence-electron chi connectivity index (χ2n) is 6.60. The SMILES string of the molecule is C=C(C)C(=O)OCCCC.C=C(C)C(=O)OCCN(C)C.C=Cc1ccccc1. The highest BCUT2D eigenvalue weighted by atomic mass is 16.5. The van der Waals surface area contributed by atoms with Crippen molar-refractivity contribution in [3.8, 4) is 0 Å². The van der Waals surface area contributed by atoms with Crippen molar-refractivity contribution < 1.29 is 19.1 Å². The van der Waals surface area contributed by atoms with E-state index in [0.717, 1.165) is 19.4 Å². The van der Waals surface area contributed by atoms with Crippen molar-refractivity contribution in [2.45, 2.75) is 33.6 Å². The van der Waals surface area contributed by atoms with Gasteiger partial charge in [-0.1, -0.05) is 69.5 Å². The Hall–Kier alpha value is -2.66. The maximum absolute atomic E-state index is 10.8. The third-order valence-corrected chi connectivity index (χ3v) is 3.23. The van der Waals surface area contributed by atoms with Gasteiger partial charge in [0.05, 0.1) is 6.61 Å². The van der Waals surface area contributed by atoms with Crippen LogP contribution in [0.5, 0.6) is 0 Å². The van der Waals surface area contributed by atoms with Gasteiger partial charge in [-0.3, -0.25) is 0 Å². The Kier molecular flexibility index (Phi) is 18.4. The Morgan fingerprint density at radius 1 is 0.966 bits per heavy atom. The number of esters is 2. The van der Waals surface area contributed by atoms with Crippen LogP contribution in [-0.4, -0.2) is 50.7 Å². The standard InChI is InChI=1S/C8H15NO2.C8H14O2.C8H8/c1-7(2)8(10)11-6-5-9(3)4;1-4-5-6-10-8(9)7(2)3;1-2-8-6-4-3-5-7-8/h1,5-6H2,2-4H3;2,4-6H2,1,3H3;2-7H,1H2. The molecule has 0 fully saturated rings. The highest BCUT2D eigenvalue weighted by molar-refractivity contribution is 5.87. The monoisotopic (exact) mass is 403 g/mol. The van der Waals surface area contributed by atoms with Crippen molar-refractivity contribution in [1.29, 1.82) is 0 Å². The van der Waals surface area contributed by atoms with Gasteiger partial charge in [-0.05, 0) is 39.9 Å². The van der Waals surface area contributed by atoms with Crippen LogP contribution < -0.4 is 0 Å². The molecule has 0 aliphatic carbocycles. The van der Waals surface area contributed by atoms with Crippen molar-refractivity contribution >= 4 is 18.0 Å². The maximum atomic E-state index is 10.8. The smallest absolute Gasteiger partial charge is 0.333 e. The molecule has 29 heavy (non-hydrogen) atoms. The molecule has 5 nitrogen and oxygen atoms in total. The summed E-state index contributed by atoms with van der Waals surface area (Å²) >= 11 is 0. The Morgan fingerprint density at radius 3 is 1.79 bits per heavy atom. The van der Waals surface area contributed by atoms with Gasteiger partial charge in [0.1, 0.15) is 6.61 Å². The van der Waals surface area contributed by atoms with E-state index >= 15 is 0 Å². The van der Waals surface area contributed by atoms with E-state index in [1.54, 1.807) is 13.8 Å². The average Bonchev–Trinajstić information content (AvgIpc) is 2.69. The van der Waals surface area contributed by atoms with Gasteiger partial charge in [-0.15, -0.1) is 0 Å². The molecule has 0 saturated heterocycles. The fourth-order valence-electron chi connectivity index (χ4n) is 1.47. The van der Waals surface area contributed by atoms with Crippen LogP contribution in [0.4, 0.5) is 0 Å². The first-order chi connectivity index (χ1) is 13.6. The highest BCUT2D eigenvalue weighted by Crippen LogP contribution is 1.97. The summed E-state index contributed by atoms with van der Waals surface area (Å²) in [5.74, 6) is -0.597. The van der Waals surface area contributed by atoms with E-state index < -0.39 is 0 Å². The lowest BCUT2D eigenvalue weighted by atomic mass is 10.2. The van der Waals surface area contributed by atoms with Gasteiger partial charge >= 0.3 is 11.9 Å². The minimum atomic E-state index is -0.313. The second-order valence-corrected chi connectivity index (χ2v) is 6.60. The van der Waals surface area contributed by atoms with Crippen LogP contribution in [0, 0.1) is 0 Å². The average molecular weight is 404 g/mol. The molecule has 0 heterocycles. The number of rotatable bonds is 9. The fourth-order valence-corrected chi connectivity index (χ4v) is 1.47. The third-order valence-electron chi connectivity index (χ3n) is 3.23. The van der Waals surface area contributed by atoms with E-state index in [9.17, 15) is 9.59 Å². The zero-order chi connectivity index (χ0) is 22.7. The summed E-state index contributed by atoms with van der Waals surface area (Å²) in [6.45, 7) is 17.6. The molecule has 0 N–H and O–H groups in total. The predicted octanol–water partition coefficient (Wildman–Crippen LogP) is 4.90. The fraction of sp³-hybridized carbons (Fsp3) is 0.417. The molecule has 0 atom stereocenters. The first-order valence-corrected chi connectivity index (χ1v) is 9.63. The number of carbonyl (C=O) groups is 2. The van der Waals surface area contributed by atoms with Crippen LogP contribution in [0.2, 0.25) is 0 Å². The first-order valence-electron chi connectivity index (χ1n) is 9.63. The van der Waals surface area contributed by atoms with Crippen molar-refractivity contribution in [3.05, 3.63) is 66.8 Å². The van der Waals surface area contributed by atoms with Crippen molar-refractivity contribution in [1.82, 2.24) is 4.90 Å². The number of likely N-dealkylation sites (N-methyl/N-ethyl adjacent to an activating group) is 1.